The predicted octanol–water partition coefficient (Wildman–Crippen LogP) is 5.28. The summed E-state index contributed by atoms with van der Waals surface area (Å²) < 4.78 is 27.1. The van der Waals surface area contributed by atoms with Gasteiger partial charge in [0.15, 0.2) is 5.76 Å². The van der Waals surface area contributed by atoms with Crippen LogP contribution in [0, 0.1) is 13.8 Å². The van der Waals surface area contributed by atoms with Crippen LogP contribution >= 0.6 is 11.6 Å². The molecule has 1 N–H and O–H groups in total. The molecule has 0 spiro atoms. The van der Waals surface area contributed by atoms with Gasteiger partial charge in [0.1, 0.15) is 4.91 Å². The maximum Gasteiger partial charge on any atom is 0.290 e. The molecule has 32 heavy (non-hydrogen) atoms. The second-order valence-corrected chi connectivity index (χ2v) is 10.3. The van der Waals surface area contributed by atoms with Crippen molar-refractivity contribution in [3.8, 4) is 0 Å². The maximum atomic E-state index is 13.6. The minimum absolute atomic E-state index is 0.0219. The third-order valence-corrected chi connectivity index (χ3v) is 7.68. The van der Waals surface area contributed by atoms with Crippen LogP contribution in [-0.2, 0) is 21.2 Å². The minimum atomic E-state index is -4.14. The first-order chi connectivity index (χ1) is 15.2. The van der Waals surface area contributed by atoms with E-state index in [1.807, 2.05) is 38.1 Å². The Morgan fingerprint density at radius 3 is 1.97 bits per heavy atom. The van der Waals surface area contributed by atoms with Gasteiger partial charge in [-0.15, -0.1) is 0 Å². The van der Waals surface area contributed by atoms with Crippen molar-refractivity contribution in [1.29, 1.82) is 0 Å². The third kappa shape index (κ3) is 4.04. The first-order valence-corrected chi connectivity index (χ1v) is 11.9. The Labute approximate surface area is 192 Å². The average Bonchev–Trinajstić information content (AvgIpc) is 3.01. The summed E-state index contributed by atoms with van der Waals surface area (Å²) in [4.78, 5) is 14.2. The Hall–Kier alpha value is -3.09. The number of amides is 1. The van der Waals surface area contributed by atoms with Crippen molar-refractivity contribution in [3.05, 3.63) is 111 Å². The minimum Gasteiger partial charge on any atom is -0.502 e. The van der Waals surface area contributed by atoms with Gasteiger partial charge in [0.2, 0.25) is 9.84 Å². The van der Waals surface area contributed by atoms with Crippen LogP contribution in [0.2, 0.25) is 5.02 Å². The molecule has 4 rings (SSSR count). The molecule has 1 aliphatic rings. The third-order valence-electron chi connectivity index (χ3n) is 5.54. The summed E-state index contributed by atoms with van der Waals surface area (Å²) in [6, 6.07) is 19.6. The van der Waals surface area contributed by atoms with Crippen molar-refractivity contribution < 1.29 is 18.3 Å². The Morgan fingerprint density at radius 1 is 0.875 bits per heavy atom. The standard InChI is InChI=1S/C25H22ClNO4S/c1-16-3-7-18(8-4-16)15-27-22(19-9-11-20(26)12-10-19)24(23(28)25(27)29)32(30,31)21-13-5-17(2)6-14-21/h3-14,22,28H,15H2,1-2H3/t22-/m1/s1. The van der Waals surface area contributed by atoms with Gasteiger partial charge in [-0.3, -0.25) is 4.79 Å². The molecule has 0 radical (unpaired) electrons. The lowest BCUT2D eigenvalue weighted by molar-refractivity contribution is -0.130. The molecule has 1 amide bonds. The zero-order chi connectivity index (χ0) is 23.0. The summed E-state index contributed by atoms with van der Waals surface area (Å²) in [6.07, 6.45) is 0. The molecule has 0 fully saturated rings. The van der Waals surface area contributed by atoms with Crippen LogP contribution in [0.25, 0.3) is 0 Å². The number of rotatable bonds is 5. The van der Waals surface area contributed by atoms with Crippen molar-refractivity contribution in [2.75, 3.05) is 0 Å². The Bertz CT molecular complexity index is 1300. The number of carbonyl (C=O) groups is 1. The summed E-state index contributed by atoms with van der Waals surface area (Å²) in [5, 5.41) is 11.3. The molecular weight excluding hydrogens is 446 g/mol. The smallest absolute Gasteiger partial charge is 0.290 e. The molecule has 0 bridgehead atoms. The molecule has 0 saturated heterocycles. The summed E-state index contributed by atoms with van der Waals surface area (Å²) in [6.45, 7) is 3.95. The average molecular weight is 468 g/mol. The molecule has 0 aliphatic carbocycles. The topological polar surface area (TPSA) is 74.7 Å². The van der Waals surface area contributed by atoms with Gasteiger partial charge in [-0.2, -0.15) is 0 Å². The first kappa shape index (κ1) is 22.1. The van der Waals surface area contributed by atoms with E-state index in [-0.39, 0.29) is 16.3 Å². The second-order valence-electron chi connectivity index (χ2n) is 7.90. The predicted molar refractivity (Wildman–Crippen MR) is 124 cm³/mol. The van der Waals surface area contributed by atoms with Crippen molar-refractivity contribution in [2.24, 2.45) is 0 Å². The summed E-state index contributed by atoms with van der Waals surface area (Å²) >= 11 is 6.03. The molecule has 1 aliphatic heterocycles. The number of sulfone groups is 1. The quantitative estimate of drug-likeness (QED) is 0.553. The van der Waals surface area contributed by atoms with Crippen LogP contribution in [0.3, 0.4) is 0 Å². The van der Waals surface area contributed by atoms with Gasteiger partial charge < -0.3 is 10.0 Å². The number of aliphatic hydroxyl groups excluding tert-OH is 1. The monoisotopic (exact) mass is 467 g/mol. The van der Waals surface area contributed by atoms with E-state index in [0.29, 0.717) is 10.6 Å². The van der Waals surface area contributed by atoms with Gasteiger partial charge >= 0.3 is 0 Å². The molecular formula is C25H22ClNO4S. The molecule has 3 aromatic carbocycles. The normalized spacial score (nSPS) is 16.7. The van der Waals surface area contributed by atoms with Crippen molar-refractivity contribution >= 4 is 27.3 Å². The van der Waals surface area contributed by atoms with E-state index in [0.717, 1.165) is 16.7 Å². The number of aryl methyl sites for hydroxylation is 2. The number of benzene rings is 3. The zero-order valence-electron chi connectivity index (χ0n) is 17.6. The number of hydrogen-bond donors (Lipinski definition) is 1. The van der Waals surface area contributed by atoms with E-state index in [9.17, 15) is 18.3 Å². The fourth-order valence-electron chi connectivity index (χ4n) is 3.78. The van der Waals surface area contributed by atoms with E-state index >= 15 is 0 Å². The van der Waals surface area contributed by atoms with E-state index < -0.39 is 27.5 Å². The first-order valence-electron chi connectivity index (χ1n) is 10.1. The van der Waals surface area contributed by atoms with Crippen LogP contribution < -0.4 is 0 Å². The zero-order valence-corrected chi connectivity index (χ0v) is 19.2. The van der Waals surface area contributed by atoms with E-state index in [1.54, 1.807) is 36.4 Å². The number of aliphatic hydroxyl groups is 1. The molecule has 1 atom stereocenters. The highest BCUT2D eigenvalue weighted by Gasteiger charge is 2.46. The van der Waals surface area contributed by atoms with Gasteiger partial charge in [-0.1, -0.05) is 71.3 Å². The Kier molecular flexibility index (Phi) is 5.84. The lowest BCUT2D eigenvalue weighted by Gasteiger charge is -2.27. The molecule has 0 saturated carbocycles. The number of halogens is 1. The fourth-order valence-corrected chi connectivity index (χ4v) is 5.55. The number of hydrogen-bond acceptors (Lipinski definition) is 4. The molecule has 164 valence electrons. The Morgan fingerprint density at radius 2 is 1.41 bits per heavy atom. The van der Waals surface area contributed by atoms with E-state index in [2.05, 4.69) is 0 Å². The van der Waals surface area contributed by atoms with Gasteiger partial charge in [0.05, 0.1) is 10.9 Å². The van der Waals surface area contributed by atoms with E-state index in [1.165, 1.54) is 17.0 Å². The van der Waals surface area contributed by atoms with Gasteiger partial charge in [0.25, 0.3) is 5.91 Å². The van der Waals surface area contributed by atoms with Gasteiger partial charge in [-0.25, -0.2) is 8.42 Å². The fraction of sp³-hybridized carbons (Fsp3) is 0.160. The highest BCUT2D eigenvalue weighted by molar-refractivity contribution is 7.95. The summed E-state index contributed by atoms with van der Waals surface area (Å²) in [7, 11) is -4.14. The number of carbonyl (C=O) groups excluding carboxylic acids is 1. The highest BCUT2D eigenvalue weighted by atomic mass is 35.5. The van der Waals surface area contributed by atoms with Gasteiger partial charge in [0, 0.05) is 11.6 Å². The second kappa shape index (κ2) is 8.45. The maximum absolute atomic E-state index is 13.6. The van der Waals surface area contributed by atoms with Crippen molar-refractivity contribution in [1.82, 2.24) is 4.90 Å². The number of nitrogens with zero attached hydrogens (tertiary/aromatic N) is 1. The largest absolute Gasteiger partial charge is 0.502 e. The lowest BCUT2D eigenvalue weighted by Crippen LogP contribution is -2.30. The lowest BCUT2D eigenvalue weighted by atomic mass is 10.1. The molecule has 1 heterocycles. The van der Waals surface area contributed by atoms with Crippen LogP contribution in [0.5, 0.6) is 0 Å². The van der Waals surface area contributed by atoms with E-state index in [4.69, 9.17) is 11.6 Å². The molecule has 0 unspecified atom stereocenters. The molecule has 3 aromatic rings. The van der Waals surface area contributed by atoms with Crippen molar-refractivity contribution in [3.63, 3.8) is 0 Å². The summed E-state index contributed by atoms with van der Waals surface area (Å²) in [5.41, 5.74) is 3.34. The van der Waals surface area contributed by atoms with Crippen LogP contribution in [0.1, 0.15) is 28.3 Å². The SMILES string of the molecule is Cc1ccc(CN2C(=O)C(O)=C(S(=O)(=O)c3ccc(C)cc3)[C@H]2c2ccc(Cl)cc2)cc1. The van der Waals surface area contributed by atoms with Crippen LogP contribution in [0.4, 0.5) is 0 Å². The van der Waals surface area contributed by atoms with Crippen molar-refractivity contribution in [2.45, 2.75) is 31.3 Å². The molecule has 0 aromatic heterocycles. The molecule has 5 nitrogen and oxygen atoms in total. The highest BCUT2D eigenvalue weighted by Crippen LogP contribution is 2.43. The summed E-state index contributed by atoms with van der Waals surface area (Å²) in [5.74, 6) is -1.48. The Balaban J connectivity index is 1.84. The molecule has 7 heteroatoms. The van der Waals surface area contributed by atoms with Crippen LogP contribution in [0.15, 0.2) is 88.4 Å². The van der Waals surface area contributed by atoms with Gasteiger partial charge in [-0.05, 0) is 49.2 Å². The van der Waals surface area contributed by atoms with Crippen LogP contribution in [-0.4, -0.2) is 24.3 Å².